The van der Waals surface area contributed by atoms with E-state index in [-0.39, 0.29) is 24.8 Å². The lowest BCUT2D eigenvalue weighted by Gasteiger charge is -2.52. The van der Waals surface area contributed by atoms with Gasteiger partial charge in [-0.05, 0) is 46.3 Å². The van der Waals surface area contributed by atoms with Crippen molar-refractivity contribution < 1.29 is 33.0 Å². The van der Waals surface area contributed by atoms with E-state index in [9.17, 15) is 14.4 Å². The maximum atomic E-state index is 13.2. The van der Waals surface area contributed by atoms with Gasteiger partial charge in [0.2, 0.25) is 0 Å². The molecule has 162 valence electrons. The van der Waals surface area contributed by atoms with Crippen molar-refractivity contribution in [3.8, 4) is 0 Å². The molecule has 0 bridgehead atoms. The van der Waals surface area contributed by atoms with Crippen LogP contribution in [0.4, 0.5) is 0 Å². The molecule has 30 heavy (non-hydrogen) atoms. The standard InChI is InChI=1S/C23H28O7/c1-13(19(25)30-21(2,3)4)15-10-17(14-7-9-27-11-14)29-23-12-28-20(26)22(23,5)8-6-16(24)18(15)23/h7,9-11,13,15,18H,6,8,12H2,1-5H3/t13-,15-,18+,22-,23+/m0/s1. The van der Waals surface area contributed by atoms with E-state index < -0.39 is 40.3 Å². The molecular weight excluding hydrogens is 388 g/mol. The number of carbonyl (C=O) groups is 3. The van der Waals surface area contributed by atoms with Crippen LogP contribution >= 0.6 is 0 Å². The highest BCUT2D eigenvalue weighted by molar-refractivity contribution is 5.92. The van der Waals surface area contributed by atoms with Crippen molar-refractivity contribution in [2.45, 2.75) is 58.7 Å². The summed E-state index contributed by atoms with van der Waals surface area (Å²) in [4.78, 5) is 38.9. The minimum absolute atomic E-state index is 0.0197. The Labute approximate surface area is 175 Å². The number of ether oxygens (including phenoxy) is 3. The molecule has 1 spiro atoms. The van der Waals surface area contributed by atoms with Gasteiger partial charge in [0.1, 0.15) is 35.4 Å². The number of carbonyl (C=O) groups excluding carboxylic acids is 3. The molecule has 3 aliphatic rings. The van der Waals surface area contributed by atoms with Crippen molar-refractivity contribution in [3.05, 3.63) is 30.2 Å². The molecule has 1 saturated carbocycles. The first-order valence-electron chi connectivity index (χ1n) is 10.3. The average Bonchev–Trinajstić information content (AvgIpc) is 3.28. The average molecular weight is 416 g/mol. The van der Waals surface area contributed by atoms with Gasteiger partial charge in [0.05, 0.1) is 23.7 Å². The molecular formula is C23H28O7. The number of hydrogen-bond acceptors (Lipinski definition) is 7. The van der Waals surface area contributed by atoms with E-state index in [1.54, 1.807) is 19.9 Å². The van der Waals surface area contributed by atoms with E-state index >= 15 is 0 Å². The fourth-order valence-electron chi connectivity index (χ4n) is 4.98. The summed E-state index contributed by atoms with van der Waals surface area (Å²) in [5, 5.41) is 0. The summed E-state index contributed by atoms with van der Waals surface area (Å²) in [6, 6.07) is 1.75. The lowest BCUT2D eigenvalue weighted by Crippen LogP contribution is -2.63. The van der Waals surface area contributed by atoms with Crippen LogP contribution in [0.2, 0.25) is 0 Å². The van der Waals surface area contributed by atoms with E-state index in [0.29, 0.717) is 17.7 Å². The van der Waals surface area contributed by atoms with Crippen molar-refractivity contribution in [2.75, 3.05) is 6.61 Å². The van der Waals surface area contributed by atoms with E-state index in [4.69, 9.17) is 18.6 Å². The topological polar surface area (TPSA) is 92.0 Å². The zero-order valence-electron chi connectivity index (χ0n) is 18.0. The molecule has 0 unspecified atom stereocenters. The number of esters is 2. The largest absolute Gasteiger partial charge is 0.481 e. The quantitative estimate of drug-likeness (QED) is 0.696. The van der Waals surface area contributed by atoms with Gasteiger partial charge in [-0.1, -0.05) is 6.92 Å². The number of furan rings is 1. The Hall–Kier alpha value is -2.57. The smallest absolute Gasteiger partial charge is 0.316 e. The lowest BCUT2D eigenvalue weighted by molar-refractivity contribution is -0.175. The highest BCUT2D eigenvalue weighted by Gasteiger charge is 2.72. The normalized spacial score (nSPS) is 34.2. The molecule has 5 atom stereocenters. The first-order valence-corrected chi connectivity index (χ1v) is 10.3. The number of cyclic esters (lactones) is 1. The molecule has 3 heterocycles. The maximum Gasteiger partial charge on any atom is 0.316 e. The van der Waals surface area contributed by atoms with Gasteiger partial charge in [-0.3, -0.25) is 14.4 Å². The second kappa shape index (κ2) is 6.72. The van der Waals surface area contributed by atoms with Crippen LogP contribution in [-0.4, -0.2) is 35.5 Å². The van der Waals surface area contributed by atoms with Gasteiger partial charge in [-0.2, -0.15) is 0 Å². The third kappa shape index (κ3) is 2.97. The molecule has 0 radical (unpaired) electrons. The van der Waals surface area contributed by atoms with Crippen LogP contribution < -0.4 is 0 Å². The molecule has 2 aliphatic heterocycles. The number of Topliss-reactive ketones (excluding diaryl/α,β-unsaturated/α-hetero) is 1. The van der Waals surface area contributed by atoms with Crippen molar-refractivity contribution in [3.63, 3.8) is 0 Å². The number of hydrogen-bond donors (Lipinski definition) is 0. The summed E-state index contributed by atoms with van der Waals surface area (Å²) in [6.45, 7) is 8.96. The maximum absolute atomic E-state index is 13.2. The van der Waals surface area contributed by atoms with Gasteiger partial charge in [-0.15, -0.1) is 0 Å². The molecule has 4 rings (SSSR count). The molecule has 7 nitrogen and oxygen atoms in total. The second-order valence-electron chi connectivity index (χ2n) is 9.79. The van der Waals surface area contributed by atoms with Gasteiger partial charge >= 0.3 is 11.9 Å². The second-order valence-corrected chi connectivity index (χ2v) is 9.79. The molecule has 1 saturated heterocycles. The Morgan fingerprint density at radius 3 is 2.67 bits per heavy atom. The van der Waals surface area contributed by atoms with Crippen molar-refractivity contribution in [1.29, 1.82) is 0 Å². The first kappa shape index (κ1) is 20.7. The summed E-state index contributed by atoms with van der Waals surface area (Å²) in [7, 11) is 0. The fourth-order valence-corrected chi connectivity index (χ4v) is 4.98. The number of rotatable bonds is 3. The van der Waals surface area contributed by atoms with Crippen molar-refractivity contribution >= 4 is 23.5 Å². The fraction of sp³-hybridized carbons (Fsp3) is 0.609. The molecule has 1 aromatic rings. The first-order chi connectivity index (χ1) is 14.0. The van der Waals surface area contributed by atoms with Gasteiger partial charge < -0.3 is 18.6 Å². The van der Waals surface area contributed by atoms with Crippen LogP contribution in [0.5, 0.6) is 0 Å². The molecule has 2 fully saturated rings. The van der Waals surface area contributed by atoms with Crippen molar-refractivity contribution in [1.82, 2.24) is 0 Å². The number of allylic oxidation sites excluding steroid dienone is 1. The molecule has 1 aliphatic carbocycles. The lowest BCUT2D eigenvalue weighted by atomic mass is 9.54. The third-order valence-electron chi connectivity index (χ3n) is 6.71. The van der Waals surface area contributed by atoms with Crippen molar-refractivity contribution in [2.24, 2.45) is 23.2 Å². The highest BCUT2D eigenvalue weighted by Crippen LogP contribution is 2.59. The summed E-state index contributed by atoms with van der Waals surface area (Å²) in [6.07, 6.45) is 5.47. The Morgan fingerprint density at radius 1 is 1.30 bits per heavy atom. The van der Waals surface area contributed by atoms with E-state index in [1.807, 2.05) is 26.8 Å². The molecule has 0 amide bonds. The summed E-state index contributed by atoms with van der Waals surface area (Å²) >= 11 is 0. The summed E-state index contributed by atoms with van der Waals surface area (Å²) < 4.78 is 22.7. The SMILES string of the molecule is C[C@H](C(=O)OC(C)(C)C)[C@@H]1C=C(c2ccoc2)O[C@@]23COC(=O)[C@]2(C)CCC(=O)[C@@H]13. The van der Waals surface area contributed by atoms with Gasteiger partial charge in [0, 0.05) is 12.3 Å². The van der Waals surface area contributed by atoms with E-state index in [0.717, 1.165) is 0 Å². The predicted molar refractivity (Wildman–Crippen MR) is 106 cm³/mol. The third-order valence-corrected chi connectivity index (χ3v) is 6.71. The van der Waals surface area contributed by atoms with Gasteiger partial charge in [0.25, 0.3) is 0 Å². The molecule has 7 heteroatoms. The van der Waals surface area contributed by atoms with E-state index in [1.165, 1.54) is 12.5 Å². The van der Waals surface area contributed by atoms with Crippen LogP contribution in [-0.2, 0) is 28.6 Å². The minimum atomic E-state index is -1.16. The summed E-state index contributed by atoms with van der Waals surface area (Å²) in [5.41, 5.74) is -2.10. The summed E-state index contributed by atoms with van der Waals surface area (Å²) in [5.74, 6) is -2.08. The van der Waals surface area contributed by atoms with Gasteiger partial charge in [0.15, 0.2) is 5.60 Å². The van der Waals surface area contributed by atoms with Crippen LogP contribution in [0.1, 0.15) is 53.0 Å². The highest BCUT2D eigenvalue weighted by atomic mass is 16.6. The zero-order chi connectivity index (χ0) is 21.9. The van der Waals surface area contributed by atoms with E-state index in [2.05, 4.69) is 0 Å². The van der Waals surface area contributed by atoms with Crippen LogP contribution in [0.25, 0.3) is 5.76 Å². The minimum Gasteiger partial charge on any atom is -0.481 e. The van der Waals surface area contributed by atoms with Crippen LogP contribution in [0.15, 0.2) is 29.1 Å². The monoisotopic (exact) mass is 416 g/mol. The molecule has 0 N–H and O–H groups in total. The Kier molecular flexibility index (Phi) is 4.64. The predicted octanol–water partition coefficient (Wildman–Crippen LogP) is 3.53. The molecule has 0 aromatic carbocycles. The Bertz CT molecular complexity index is 906. The zero-order valence-corrected chi connectivity index (χ0v) is 18.0. The Morgan fingerprint density at radius 2 is 2.03 bits per heavy atom. The van der Waals surface area contributed by atoms with Crippen LogP contribution in [0.3, 0.4) is 0 Å². The van der Waals surface area contributed by atoms with Crippen LogP contribution in [0, 0.1) is 23.2 Å². The Balaban J connectivity index is 1.83. The number of ketones is 1. The van der Waals surface area contributed by atoms with Gasteiger partial charge in [-0.25, -0.2) is 0 Å². The molecule has 1 aromatic heterocycles.